The van der Waals surface area contributed by atoms with Crippen molar-refractivity contribution >= 4 is 23.7 Å². The SMILES string of the molecule is COc1c(C)c2c(c(NC(N)=O)c1CC=C(C)CCC(=O)OCCN1CCCC1)C(=O)OC2. The third-order valence-corrected chi connectivity index (χ3v) is 6.17. The van der Waals surface area contributed by atoms with Gasteiger partial charge in [0.25, 0.3) is 0 Å². The maximum Gasteiger partial charge on any atom is 0.341 e. The molecule has 2 aliphatic heterocycles. The largest absolute Gasteiger partial charge is 0.496 e. The molecule has 0 saturated carbocycles. The number of hydrogen-bond donors (Lipinski definition) is 2. The molecule has 3 rings (SSSR count). The molecule has 1 fully saturated rings. The lowest BCUT2D eigenvalue weighted by molar-refractivity contribution is -0.143. The summed E-state index contributed by atoms with van der Waals surface area (Å²) in [5, 5.41) is 2.58. The van der Waals surface area contributed by atoms with Gasteiger partial charge in [-0.05, 0) is 58.2 Å². The minimum atomic E-state index is -0.776. The van der Waals surface area contributed by atoms with E-state index >= 15 is 0 Å². The average molecular weight is 460 g/mol. The summed E-state index contributed by atoms with van der Waals surface area (Å²) in [6.45, 7) is 7.27. The van der Waals surface area contributed by atoms with Crippen LogP contribution >= 0.6 is 0 Å². The number of ether oxygens (including phenoxy) is 3. The monoisotopic (exact) mass is 459 g/mol. The number of nitrogens with zero attached hydrogens (tertiary/aromatic N) is 1. The van der Waals surface area contributed by atoms with Gasteiger partial charge in [-0.15, -0.1) is 0 Å². The first kappa shape index (κ1) is 24.6. The molecule has 0 spiro atoms. The van der Waals surface area contributed by atoms with Crippen molar-refractivity contribution in [3.8, 4) is 5.75 Å². The molecule has 1 aromatic carbocycles. The van der Waals surface area contributed by atoms with Gasteiger partial charge in [-0.2, -0.15) is 0 Å². The zero-order valence-electron chi connectivity index (χ0n) is 19.6. The normalized spacial score (nSPS) is 15.8. The summed E-state index contributed by atoms with van der Waals surface area (Å²) >= 11 is 0. The molecular formula is C24H33N3O6. The summed E-state index contributed by atoms with van der Waals surface area (Å²) in [5.74, 6) is -0.147. The highest BCUT2D eigenvalue weighted by molar-refractivity contribution is 6.05. The van der Waals surface area contributed by atoms with Crippen molar-refractivity contribution in [1.82, 2.24) is 4.90 Å². The minimum absolute atomic E-state index is 0.124. The second-order valence-corrected chi connectivity index (χ2v) is 8.45. The summed E-state index contributed by atoms with van der Waals surface area (Å²) in [6, 6.07) is -0.776. The summed E-state index contributed by atoms with van der Waals surface area (Å²) < 4.78 is 16.1. The highest BCUT2D eigenvalue weighted by Crippen LogP contribution is 2.41. The highest BCUT2D eigenvalue weighted by Gasteiger charge is 2.32. The number of benzene rings is 1. The number of allylic oxidation sites excluding steroid dienone is 2. The number of nitrogens with one attached hydrogen (secondary N) is 1. The number of methoxy groups -OCH3 is 1. The van der Waals surface area contributed by atoms with E-state index in [0.717, 1.165) is 30.8 Å². The smallest absolute Gasteiger partial charge is 0.341 e. The number of likely N-dealkylation sites (tertiary alicyclic amines) is 1. The summed E-state index contributed by atoms with van der Waals surface area (Å²) in [4.78, 5) is 38.4. The van der Waals surface area contributed by atoms with E-state index < -0.39 is 12.0 Å². The fraction of sp³-hybridized carbons (Fsp3) is 0.542. The zero-order valence-corrected chi connectivity index (χ0v) is 19.6. The third-order valence-electron chi connectivity index (χ3n) is 6.17. The van der Waals surface area contributed by atoms with E-state index in [9.17, 15) is 14.4 Å². The Morgan fingerprint density at radius 3 is 2.64 bits per heavy atom. The standard InChI is InChI=1S/C24H33N3O6/c1-15(7-9-19(28)32-13-12-27-10-4-5-11-27)6-8-17-21(26-24(25)30)20-18(14-33-23(20)29)16(2)22(17)31-3/h6H,4-5,7-14H2,1-3H3,(H3,25,26,30). The molecule has 1 saturated heterocycles. The minimum Gasteiger partial charge on any atom is -0.496 e. The van der Waals surface area contributed by atoms with E-state index in [-0.39, 0.29) is 12.6 Å². The number of primary amides is 1. The molecule has 1 aromatic rings. The number of esters is 2. The predicted octanol–water partition coefficient (Wildman–Crippen LogP) is 3.07. The van der Waals surface area contributed by atoms with Crippen LogP contribution in [0.3, 0.4) is 0 Å². The van der Waals surface area contributed by atoms with Crippen LogP contribution in [0, 0.1) is 6.92 Å². The van der Waals surface area contributed by atoms with Gasteiger partial charge in [-0.25, -0.2) is 9.59 Å². The molecule has 0 bridgehead atoms. The number of cyclic esters (lactones) is 1. The number of urea groups is 1. The number of amides is 2. The molecule has 0 radical (unpaired) electrons. The van der Waals surface area contributed by atoms with Crippen LogP contribution in [0.1, 0.15) is 59.7 Å². The molecule has 0 atom stereocenters. The van der Waals surface area contributed by atoms with Gasteiger partial charge in [0.1, 0.15) is 19.0 Å². The fourth-order valence-corrected chi connectivity index (χ4v) is 4.36. The predicted molar refractivity (Wildman–Crippen MR) is 123 cm³/mol. The van der Waals surface area contributed by atoms with Crippen LogP contribution < -0.4 is 15.8 Å². The fourth-order valence-electron chi connectivity index (χ4n) is 4.36. The first-order valence-corrected chi connectivity index (χ1v) is 11.3. The van der Waals surface area contributed by atoms with Crippen molar-refractivity contribution in [3.05, 3.63) is 33.9 Å². The summed E-state index contributed by atoms with van der Waals surface area (Å²) in [6.07, 6.45) is 5.61. The molecule has 33 heavy (non-hydrogen) atoms. The zero-order chi connectivity index (χ0) is 24.0. The molecule has 2 heterocycles. The van der Waals surface area contributed by atoms with Crippen LogP contribution in [0.5, 0.6) is 5.75 Å². The Morgan fingerprint density at radius 2 is 1.97 bits per heavy atom. The molecular weight excluding hydrogens is 426 g/mol. The Hall–Kier alpha value is -3.07. The third kappa shape index (κ3) is 6.04. The van der Waals surface area contributed by atoms with Crippen molar-refractivity contribution in [2.45, 2.75) is 52.6 Å². The van der Waals surface area contributed by atoms with E-state index in [1.807, 2.05) is 19.9 Å². The first-order chi connectivity index (χ1) is 15.8. The molecule has 180 valence electrons. The number of rotatable bonds is 10. The van der Waals surface area contributed by atoms with Gasteiger partial charge in [0.15, 0.2) is 0 Å². The number of carbonyl (C=O) groups is 3. The second-order valence-electron chi connectivity index (χ2n) is 8.45. The number of anilines is 1. The van der Waals surface area contributed by atoms with Crippen molar-refractivity contribution in [3.63, 3.8) is 0 Å². The number of nitrogens with two attached hydrogens (primary N) is 1. The van der Waals surface area contributed by atoms with Gasteiger partial charge in [0.2, 0.25) is 0 Å². The van der Waals surface area contributed by atoms with Crippen LogP contribution in [-0.4, -0.2) is 56.2 Å². The van der Waals surface area contributed by atoms with E-state index in [0.29, 0.717) is 54.0 Å². The second kappa shape index (κ2) is 11.2. The van der Waals surface area contributed by atoms with Gasteiger partial charge in [0, 0.05) is 24.1 Å². The molecule has 2 aliphatic rings. The van der Waals surface area contributed by atoms with E-state index in [4.69, 9.17) is 19.9 Å². The molecule has 9 nitrogen and oxygen atoms in total. The van der Waals surface area contributed by atoms with Gasteiger partial charge >= 0.3 is 18.0 Å². The summed E-state index contributed by atoms with van der Waals surface area (Å²) in [5.41, 5.74) is 9.09. The topological polar surface area (TPSA) is 120 Å². The molecule has 0 aromatic heterocycles. The lowest BCUT2D eigenvalue weighted by atomic mass is 9.93. The lowest BCUT2D eigenvalue weighted by Crippen LogP contribution is -2.25. The van der Waals surface area contributed by atoms with Crippen molar-refractivity contribution in [2.24, 2.45) is 5.73 Å². The lowest BCUT2D eigenvalue weighted by Gasteiger charge is -2.19. The quantitative estimate of drug-likeness (QED) is 0.407. The number of carbonyl (C=O) groups excluding carboxylic acids is 3. The van der Waals surface area contributed by atoms with Crippen LogP contribution in [0.15, 0.2) is 11.6 Å². The molecule has 0 aliphatic carbocycles. The number of hydrogen-bond acceptors (Lipinski definition) is 7. The van der Waals surface area contributed by atoms with Crippen molar-refractivity contribution in [2.75, 3.05) is 38.7 Å². The molecule has 2 amide bonds. The Kier molecular flexibility index (Phi) is 8.32. The van der Waals surface area contributed by atoms with E-state index in [2.05, 4.69) is 10.2 Å². The van der Waals surface area contributed by atoms with Crippen molar-refractivity contribution < 1.29 is 28.6 Å². The van der Waals surface area contributed by atoms with Gasteiger partial charge < -0.3 is 25.3 Å². The van der Waals surface area contributed by atoms with E-state index in [1.54, 1.807) is 7.11 Å². The highest BCUT2D eigenvalue weighted by atomic mass is 16.5. The van der Waals surface area contributed by atoms with Crippen LogP contribution in [0.4, 0.5) is 10.5 Å². The maximum absolute atomic E-state index is 12.3. The van der Waals surface area contributed by atoms with Gasteiger partial charge in [-0.3, -0.25) is 9.69 Å². The first-order valence-electron chi connectivity index (χ1n) is 11.3. The van der Waals surface area contributed by atoms with Gasteiger partial charge in [-0.1, -0.05) is 11.6 Å². The van der Waals surface area contributed by atoms with Crippen LogP contribution in [0.25, 0.3) is 0 Å². The molecule has 3 N–H and O–H groups in total. The summed E-state index contributed by atoms with van der Waals surface area (Å²) in [7, 11) is 1.54. The number of fused-ring (bicyclic) bond motifs is 1. The van der Waals surface area contributed by atoms with Gasteiger partial charge in [0.05, 0.1) is 18.4 Å². The average Bonchev–Trinajstić information content (AvgIpc) is 3.42. The Morgan fingerprint density at radius 1 is 1.24 bits per heavy atom. The van der Waals surface area contributed by atoms with Crippen molar-refractivity contribution in [1.29, 1.82) is 0 Å². The van der Waals surface area contributed by atoms with E-state index in [1.165, 1.54) is 12.8 Å². The Balaban J connectivity index is 1.66. The van der Waals surface area contributed by atoms with Crippen LogP contribution in [0.2, 0.25) is 0 Å². The molecule has 9 heteroatoms. The molecule has 0 unspecified atom stereocenters. The Labute approximate surface area is 194 Å². The Bertz CT molecular complexity index is 950. The van der Waals surface area contributed by atoms with Crippen LogP contribution in [-0.2, 0) is 27.3 Å². The maximum atomic E-state index is 12.3.